The fourth-order valence-electron chi connectivity index (χ4n) is 2.23. The third-order valence-electron chi connectivity index (χ3n) is 3.23. The Kier molecular flexibility index (Phi) is 4.17. The molecule has 0 spiro atoms. The SMILES string of the molecule is O=C(c1ccccc1)c1nc(C(Br)Br)cc2ccccc12. The lowest BCUT2D eigenvalue weighted by Gasteiger charge is -2.09. The summed E-state index contributed by atoms with van der Waals surface area (Å²) in [5.74, 6) is -0.0608. The number of carbonyl (C=O) groups is 1. The average Bonchev–Trinajstić information content (AvgIpc) is 2.54. The minimum Gasteiger partial charge on any atom is -0.287 e. The zero-order valence-corrected chi connectivity index (χ0v) is 14.1. The van der Waals surface area contributed by atoms with Gasteiger partial charge in [-0.2, -0.15) is 0 Å². The molecule has 2 nitrogen and oxygen atoms in total. The number of hydrogen-bond acceptors (Lipinski definition) is 2. The molecule has 0 aliphatic carbocycles. The molecule has 0 saturated heterocycles. The third-order valence-corrected chi connectivity index (χ3v) is 4.17. The van der Waals surface area contributed by atoms with Gasteiger partial charge in [0.2, 0.25) is 5.78 Å². The molecule has 0 atom stereocenters. The number of nitrogens with zero attached hydrogens (tertiary/aromatic N) is 1. The molecule has 1 heterocycles. The summed E-state index contributed by atoms with van der Waals surface area (Å²) in [6.07, 6.45) is 0. The lowest BCUT2D eigenvalue weighted by molar-refractivity contribution is 0.103. The Hall–Kier alpha value is -1.52. The fraction of sp³-hybridized carbons (Fsp3) is 0.0588. The van der Waals surface area contributed by atoms with Gasteiger partial charge >= 0.3 is 0 Å². The van der Waals surface area contributed by atoms with E-state index in [0.717, 1.165) is 16.5 Å². The number of ketones is 1. The lowest BCUT2D eigenvalue weighted by Crippen LogP contribution is -2.07. The van der Waals surface area contributed by atoms with Crippen molar-refractivity contribution in [3.8, 4) is 0 Å². The lowest BCUT2D eigenvalue weighted by atomic mass is 10.0. The molecule has 21 heavy (non-hydrogen) atoms. The predicted octanol–water partition coefficient (Wildman–Crippen LogP) is 5.25. The first-order chi connectivity index (χ1) is 10.2. The minimum absolute atomic E-state index is 0.0608. The van der Waals surface area contributed by atoms with Gasteiger partial charge in [-0.05, 0) is 11.5 Å². The van der Waals surface area contributed by atoms with Crippen LogP contribution in [0.2, 0.25) is 0 Å². The van der Waals surface area contributed by atoms with E-state index in [9.17, 15) is 4.79 Å². The molecule has 3 rings (SSSR count). The van der Waals surface area contributed by atoms with Gasteiger partial charge in [0.15, 0.2) is 0 Å². The van der Waals surface area contributed by atoms with Crippen LogP contribution in [-0.4, -0.2) is 10.8 Å². The van der Waals surface area contributed by atoms with Crippen molar-refractivity contribution in [2.75, 3.05) is 0 Å². The van der Waals surface area contributed by atoms with E-state index in [0.29, 0.717) is 11.3 Å². The summed E-state index contributed by atoms with van der Waals surface area (Å²) < 4.78 is -0.0862. The highest BCUT2D eigenvalue weighted by molar-refractivity contribution is 9.24. The molecule has 0 N–H and O–H groups in total. The van der Waals surface area contributed by atoms with Crippen molar-refractivity contribution in [1.29, 1.82) is 0 Å². The molecular weight excluding hydrogens is 394 g/mol. The van der Waals surface area contributed by atoms with E-state index in [2.05, 4.69) is 36.8 Å². The Labute approximate surface area is 139 Å². The summed E-state index contributed by atoms with van der Waals surface area (Å²) in [6, 6.07) is 19.0. The summed E-state index contributed by atoms with van der Waals surface area (Å²) in [5.41, 5.74) is 1.92. The van der Waals surface area contributed by atoms with Gasteiger partial charge in [0.05, 0.1) is 5.69 Å². The zero-order chi connectivity index (χ0) is 14.8. The molecule has 0 aliphatic heterocycles. The van der Waals surface area contributed by atoms with Crippen LogP contribution in [0.15, 0.2) is 60.7 Å². The number of hydrogen-bond donors (Lipinski definition) is 0. The number of pyridine rings is 1. The molecule has 0 amide bonds. The second kappa shape index (κ2) is 6.08. The smallest absolute Gasteiger partial charge is 0.211 e. The predicted molar refractivity (Wildman–Crippen MR) is 92.2 cm³/mol. The summed E-state index contributed by atoms with van der Waals surface area (Å²) in [7, 11) is 0. The topological polar surface area (TPSA) is 30.0 Å². The van der Waals surface area contributed by atoms with Crippen LogP contribution >= 0.6 is 31.9 Å². The molecule has 1 aromatic heterocycles. The molecule has 0 saturated carbocycles. The Morgan fingerprint density at radius 3 is 2.33 bits per heavy atom. The molecule has 0 radical (unpaired) electrons. The quantitative estimate of drug-likeness (QED) is 0.440. The first-order valence-electron chi connectivity index (χ1n) is 6.44. The van der Waals surface area contributed by atoms with E-state index >= 15 is 0 Å². The highest BCUT2D eigenvalue weighted by Gasteiger charge is 2.17. The molecule has 0 unspecified atom stereocenters. The van der Waals surface area contributed by atoms with Crippen molar-refractivity contribution in [1.82, 2.24) is 4.98 Å². The number of benzene rings is 2. The molecule has 104 valence electrons. The van der Waals surface area contributed by atoms with Crippen molar-refractivity contribution in [2.45, 2.75) is 3.74 Å². The van der Waals surface area contributed by atoms with Crippen LogP contribution in [0.3, 0.4) is 0 Å². The maximum Gasteiger partial charge on any atom is 0.211 e. The minimum atomic E-state index is -0.0862. The maximum atomic E-state index is 12.7. The second-order valence-corrected chi connectivity index (χ2v) is 7.67. The Morgan fingerprint density at radius 2 is 1.62 bits per heavy atom. The van der Waals surface area contributed by atoms with E-state index in [-0.39, 0.29) is 9.52 Å². The van der Waals surface area contributed by atoms with Crippen LogP contribution in [-0.2, 0) is 0 Å². The van der Waals surface area contributed by atoms with Crippen molar-refractivity contribution >= 4 is 48.4 Å². The zero-order valence-electron chi connectivity index (χ0n) is 11.0. The van der Waals surface area contributed by atoms with Gasteiger partial charge in [0, 0.05) is 10.9 Å². The van der Waals surface area contributed by atoms with E-state index in [4.69, 9.17) is 0 Å². The van der Waals surface area contributed by atoms with Crippen LogP contribution in [0.5, 0.6) is 0 Å². The van der Waals surface area contributed by atoms with Crippen molar-refractivity contribution in [2.24, 2.45) is 0 Å². The van der Waals surface area contributed by atoms with E-state index < -0.39 is 0 Å². The maximum absolute atomic E-state index is 12.7. The standard InChI is InChI=1S/C17H11Br2NO/c18-17(19)14-10-12-8-4-5-9-13(12)15(20-14)16(21)11-6-2-1-3-7-11/h1-10,17H. The van der Waals surface area contributed by atoms with Crippen LogP contribution in [0, 0.1) is 0 Å². The number of alkyl halides is 2. The molecular formula is C17H11Br2NO. The van der Waals surface area contributed by atoms with E-state index in [1.54, 1.807) is 0 Å². The fourth-order valence-corrected chi connectivity index (χ4v) is 2.70. The molecule has 4 heteroatoms. The normalized spacial score (nSPS) is 11.0. The first kappa shape index (κ1) is 14.4. The molecule has 3 aromatic rings. The van der Waals surface area contributed by atoms with Crippen LogP contribution in [0.25, 0.3) is 10.8 Å². The van der Waals surface area contributed by atoms with Gasteiger partial charge in [-0.3, -0.25) is 4.79 Å². The largest absolute Gasteiger partial charge is 0.287 e. The third kappa shape index (κ3) is 2.92. The Bertz CT molecular complexity index is 800. The second-order valence-electron chi connectivity index (χ2n) is 4.61. The van der Waals surface area contributed by atoms with Crippen molar-refractivity contribution < 1.29 is 4.79 Å². The highest BCUT2D eigenvalue weighted by atomic mass is 79.9. The van der Waals surface area contributed by atoms with Gasteiger partial charge < -0.3 is 0 Å². The van der Waals surface area contributed by atoms with E-state index in [1.807, 2.05) is 60.7 Å². The summed E-state index contributed by atoms with van der Waals surface area (Å²) >= 11 is 6.90. The monoisotopic (exact) mass is 403 g/mol. The van der Waals surface area contributed by atoms with Crippen LogP contribution in [0.1, 0.15) is 25.5 Å². The van der Waals surface area contributed by atoms with Crippen LogP contribution in [0.4, 0.5) is 0 Å². The van der Waals surface area contributed by atoms with E-state index in [1.165, 1.54) is 0 Å². The molecule has 0 fully saturated rings. The first-order valence-corrected chi connectivity index (χ1v) is 8.27. The summed E-state index contributed by atoms with van der Waals surface area (Å²) in [6.45, 7) is 0. The van der Waals surface area contributed by atoms with Gasteiger partial charge in [-0.1, -0.05) is 86.5 Å². The van der Waals surface area contributed by atoms with Gasteiger partial charge in [-0.25, -0.2) is 4.98 Å². The number of halogens is 2. The summed E-state index contributed by atoms with van der Waals surface area (Å²) in [4.78, 5) is 17.3. The number of carbonyl (C=O) groups excluding carboxylic acids is 1. The highest BCUT2D eigenvalue weighted by Crippen LogP contribution is 2.31. The average molecular weight is 405 g/mol. The molecule has 2 aromatic carbocycles. The Balaban J connectivity index is 2.23. The van der Waals surface area contributed by atoms with Gasteiger partial charge in [-0.15, -0.1) is 0 Å². The summed E-state index contributed by atoms with van der Waals surface area (Å²) in [5, 5.41) is 1.88. The number of aromatic nitrogens is 1. The number of rotatable bonds is 3. The van der Waals surface area contributed by atoms with Crippen molar-refractivity contribution in [3.05, 3.63) is 77.6 Å². The molecule has 0 bridgehead atoms. The molecule has 0 aliphatic rings. The van der Waals surface area contributed by atoms with Gasteiger partial charge in [0.25, 0.3) is 0 Å². The Morgan fingerprint density at radius 1 is 0.952 bits per heavy atom. The van der Waals surface area contributed by atoms with Gasteiger partial charge in [0.1, 0.15) is 9.43 Å². The number of fused-ring (bicyclic) bond motifs is 1. The van der Waals surface area contributed by atoms with Crippen molar-refractivity contribution in [3.63, 3.8) is 0 Å². The van der Waals surface area contributed by atoms with Crippen LogP contribution < -0.4 is 0 Å².